The van der Waals surface area contributed by atoms with Crippen molar-refractivity contribution in [3.8, 4) is 0 Å². The Bertz CT molecular complexity index is 593. The van der Waals surface area contributed by atoms with Gasteiger partial charge in [-0.3, -0.25) is 28.8 Å². The van der Waals surface area contributed by atoms with Gasteiger partial charge in [0.25, 0.3) is 0 Å². The first-order chi connectivity index (χ1) is 11.9. The van der Waals surface area contributed by atoms with Gasteiger partial charge < -0.3 is 37.6 Å². The predicted octanol–water partition coefficient (Wildman–Crippen LogP) is -4.15. The molecule has 0 aliphatic carbocycles. The molecule has 3 atom stereocenters. The molecule has 0 aromatic heterocycles. The SMILES string of the molecule is CC(NC(=O)C(CC(=O)O)NC(=O)C(N)CC(N)=O)C(=O)NCC(=O)O. The number of aliphatic carboxylic acids is 2. The molecule has 0 aliphatic heterocycles. The van der Waals surface area contributed by atoms with Crippen LogP contribution >= 0.6 is 0 Å². The summed E-state index contributed by atoms with van der Waals surface area (Å²) in [6.45, 7) is 0.559. The lowest BCUT2D eigenvalue weighted by Crippen LogP contribution is -2.56. The molecule has 0 saturated heterocycles. The van der Waals surface area contributed by atoms with Crippen LogP contribution in [0.5, 0.6) is 0 Å². The van der Waals surface area contributed by atoms with Crippen molar-refractivity contribution >= 4 is 35.6 Å². The molecule has 0 bridgehead atoms. The minimum Gasteiger partial charge on any atom is -0.481 e. The lowest BCUT2D eigenvalue weighted by Gasteiger charge is -2.21. The molecule has 0 aliphatic rings. The number of primary amides is 1. The Labute approximate surface area is 147 Å². The predicted molar refractivity (Wildman–Crippen MR) is 84.2 cm³/mol. The summed E-state index contributed by atoms with van der Waals surface area (Å²) in [7, 11) is 0. The number of hydrogen-bond acceptors (Lipinski definition) is 7. The van der Waals surface area contributed by atoms with Crippen LogP contribution in [0.25, 0.3) is 0 Å². The summed E-state index contributed by atoms with van der Waals surface area (Å²) in [4.78, 5) is 67.5. The van der Waals surface area contributed by atoms with Gasteiger partial charge in [-0.2, -0.15) is 0 Å². The Hall–Kier alpha value is -3.22. The van der Waals surface area contributed by atoms with Gasteiger partial charge >= 0.3 is 11.9 Å². The Morgan fingerprint density at radius 3 is 1.92 bits per heavy atom. The fourth-order valence-corrected chi connectivity index (χ4v) is 1.67. The van der Waals surface area contributed by atoms with E-state index in [0.29, 0.717) is 0 Å². The van der Waals surface area contributed by atoms with Crippen LogP contribution in [0.1, 0.15) is 19.8 Å². The number of carboxylic acids is 2. The van der Waals surface area contributed by atoms with E-state index in [4.69, 9.17) is 21.7 Å². The van der Waals surface area contributed by atoms with Crippen molar-refractivity contribution in [2.45, 2.75) is 37.9 Å². The molecule has 0 saturated carbocycles. The number of amides is 4. The Morgan fingerprint density at radius 2 is 1.46 bits per heavy atom. The molecule has 0 heterocycles. The van der Waals surface area contributed by atoms with E-state index in [1.807, 2.05) is 5.32 Å². The first-order valence-corrected chi connectivity index (χ1v) is 7.30. The van der Waals surface area contributed by atoms with Crippen LogP contribution in [0, 0.1) is 0 Å². The fourth-order valence-electron chi connectivity index (χ4n) is 1.67. The normalized spacial score (nSPS) is 13.6. The molecule has 13 heteroatoms. The van der Waals surface area contributed by atoms with Crippen LogP contribution in [0.2, 0.25) is 0 Å². The topological polar surface area (TPSA) is 231 Å². The quantitative estimate of drug-likeness (QED) is 0.185. The van der Waals surface area contributed by atoms with Crippen LogP contribution in [0.3, 0.4) is 0 Å². The van der Waals surface area contributed by atoms with Crippen molar-refractivity contribution in [1.82, 2.24) is 16.0 Å². The van der Waals surface area contributed by atoms with E-state index >= 15 is 0 Å². The summed E-state index contributed by atoms with van der Waals surface area (Å²) in [5, 5.41) is 23.5. The molecule has 0 rings (SSSR count). The van der Waals surface area contributed by atoms with Crippen molar-refractivity contribution < 1.29 is 39.0 Å². The maximum Gasteiger partial charge on any atom is 0.322 e. The van der Waals surface area contributed by atoms with Gasteiger partial charge in [0.05, 0.1) is 18.9 Å². The molecule has 4 amide bonds. The number of carboxylic acid groups (broad SMARTS) is 2. The minimum absolute atomic E-state index is 0.513. The molecule has 26 heavy (non-hydrogen) atoms. The number of hydrogen-bond donors (Lipinski definition) is 7. The van der Waals surface area contributed by atoms with Crippen molar-refractivity contribution in [1.29, 1.82) is 0 Å². The summed E-state index contributed by atoms with van der Waals surface area (Å²) >= 11 is 0. The molecule has 3 unspecified atom stereocenters. The fraction of sp³-hybridized carbons (Fsp3) is 0.538. The summed E-state index contributed by atoms with van der Waals surface area (Å²) in [6.07, 6.45) is -1.33. The zero-order chi connectivity index (χ0) is 20.4. The van der Waals surface area contributed by atoms with Gasteiger partial charge in [0.15, 0.2) is 0 Å². The van der Waals surface area contributed by atoms with Crippen LogP contribution < -0.4 is 27.4 Å². The van der Waals surface area contributed by atoms with Gasteiger partial charge in [0, 0.05) is 0 Å². The van der Waals surface area contributed by atoms with Gasteiger partial charge in [-0.15, -0.1) is 0 Å². The monoisotopic (exact) mass is 375 g/mol. The molecule has 146 valence electrons. The molecule has 13 nitrogen and oxygen atoms in total. The summed E-state index contributed by atoms with van der Waals surface area (Å²) in [5.41, 5.74) is 10.3. The molecule has 0 radical (unpaired) electrons. The second kappa shape index (κ2) is 10.6. The second-order valence-electron chi connectivity index (χ2n) is 5.28. The van der Waals surface area contributed by atoms with E-state index in [1.54, 1.807) is 0 Å². The van der Waals surface area contributed by atoms with Crippen LogP contribution in [0.15, 0.2) is 0 Å². The van der Waals surface area contributed by atoms with E-state index in [-0.39, 0.29) is 0 Å². The molecular formula is C13H21N5O8. The van der Waals surface area contributed by atoms with Gasteiger partial charge in [-0.25, -0.2) is 0 Å². The smallest absolute Gasteiger partial charge is 0.322 e. The number of carbonyl (C=O) groups is 6. The largest absolute Gasteiger partial charge is 0.481 e. The van der Waals surface area contributed by atoms with Gasteiger partial charge in [-0.1, -0.05) is 0 Å². The summed E-state index contributed by atoms with van der Waals surface area (Å²) < 4.78 is 0. The molecule has 0 fully saturated rings. The van der Waals surface area contributed by atoms with Gasteiger partial charge in [0.2, 0.25) is 23.6 Å². The average molecular weight is 375 g/mol. The maximum absolute atomic E-state index is 12.1. The summed E-state index contributed by atoms with van der Waals surface area (Å²) in [6, 6.07) is -4.16. The number of nitrogens with two attached hydrogens (primary N) is 2. The maximum atomic E-state index is 12.1. The van der Waals surface area contributed by atoms with E-state index < -0.39 is 73.1 Å². The van der Waals surface area contributed by atoms with Crippen molar-refractivity contribution in [2.75, 3.05) is 6.54 Å². The number of carbonyl (C=O) groups excluding carboxylic acids is 4. The standard InChI is InChI=1S/C13H21N5O8/c1-5(11(24)16-4-10(22)23)17-13(26)7(3-9(20)21)18-12(25)6(14)2-8(15)19/h5-7H,2-4,14H2,1H3,(H2,15,19)(H,16,24)(H,17,26)(H,18,25)(H,20,21)(H,22,23). The molecule has 9 N–H and O–H groups in total. The van der Waals surface area contributed by atoms with Crippen LogP contribution in [-0.2, 0) is 28.8 Å². The highest BCUT2D eigenvalue weighted by atomic mass is 16.4. The second-order valence-corrected chi connectivity index (χ2v) is 5.28. The van der Waals surface area contributed by atoms with Crippen molar-refractivity contribution in [3.05, 3.63) is 0 Å². The molecular weight excluding hydrogens is 354 g/mol. The van der Waals surface area contributed by atoms with Crippen LogP contribution in [-0.4, -0.2) is 70.5 Å². The third kappa shape index (κ3) is 9.17. The van der Waals surface area contributed by atoms with Crippen molar-refractivity contribution in [3.63, 3.8) is 0 Å². The van der Waals surface area contributed by atoms with E-state index in [1.165, 1.54) is 6.92 Å². The lowest BCUT2D eigenvalue weighted by atomic mass is 10.1. The zero-order valence-electron chi connectivity index (χ0n) is 13.9. The van der Waals surface area contributed by atoms with Gasteiger partial charge in [0.1, 0.15) is 18.6 Å². The average Bonchev–Trinajstić information content (AvgIpc) is 2.50. The third-order valence-electron chi connectivity index (χ3n) is 2.94. The van der Waals surface area contributed by atoms with E-state index in [9.17, 15) is 28.8 Å². The van der Waals surface area contributed by atoms with Gasteiger partial charge in [-0.05, 0) is 6.92 Å². The zero-order valence-corrected chi connectivity index (χ0v) is 13.9. The first kappa shape index (κ1) is 22.8. The molecule has 0 aromatic rings. The van der Waals surface area contributed by atoms with Crippen molar-refractivity contribution in [2.24, 2.45) is 11.5 Å². The van der Waals surface area contributed by atoms with E-state index in [0.717, 1.165) is 0 Å². The highest BCUT2D eigenvalue weighted by molar-refractivity contribution is 5.96. The minimum atomic E-state index is -1.58. The van der Waals surface area contributed by atoms with Crippen LogP contribution in [0.4, 0.5) is 0 Å². The highest BCUT2D eigenvalue weighted by Crippen LogP contribution is 1.97. The highest BCUT2D eigenvalue weighted by Gasteiger charge is 2.28. The third-order valence-corrected chi connectivity index (χ3v) is 2.94. The Kier molecular flexibility index (Phi) is 9.29. The molecule has 0 spiro atoms. The van der Waals surface area contributed by atoms with E-state index in [2.05, 4.69) is 10.6 Å². The number of rotatable bonds is 11. The Morgan fingerprint density at radius 1 is 0.885 bits per heavy atom. The molecule has 0 aromatic carbocycles. The number of nitrogens with one attached hydrogen (secondary N) is 3. The Balaban J connectivity index is 4.90. The lowest BCUT2D eigenvalue weighted by molar-refractivity contribution is -0.141. The summed E-state index contributed by atoms with van der Waals surface area (Å²) in [5.74, 6) is -6.39. The first-order valence-electron chi connectivity index (χ1n) is 7.30.